The van der Waals surface area contributed by atoms with Crippen LogP contribution in [0.2, 0.25) is 0 Å². The van der Waals surface area contributed by atoms with E-state index in [2.05, 4.69) is 6.58 Å². The number of benzene rings is 1. The highest BCUT2D eigenvalue weighted by atomic mass is 16.1. The summed E-state index contributed by atoms with van der Waals surface area (Å²) in [6.07, 6.45) is 2.93. The Bertz CT molecular complexity index is 405. The monoisotopic (exact) mass is 216 g/mol. The molecular formula is C14H16O2. The number of hydrogen-bond acceptors (Lipinski definition) is 2. The maximum atomic E-state index is 11.4. The molecule has 0 bridgehead atoms. The van der Waals surface area contributed by atoms with E-state index in [1.54, 1.807) is 6.08 Å². The lowest BCUT2D eigenvalue weighted by molar-refractivity contribution is -0.125. The Morgan fingerprint density at radius 2 is 2.00 bits per heavy atom. The smallest absolute Gasteiger partial charge is 0.140 e. The van der Waals surface area contributed by atoms with E-state index in [9.17, 15) is 9.59 Å². The molecule has 0 atom stereocenters. The third-order valence-electron chi connectivity index (χ3n) is 2.39. The lowest BCUT2D eigenvalue weighted by Gasteiger charge is -2.04. The highest BCUT2D eigenvalue weighted by molar-refractivity contribution is 5.97. The van der Waals surface area contributed by atoms with Crippen LogP contribution in [0.1, 0.15) is 30.9 Å². The van der Waals surface area contributed by atoms with Crippen LogP contribution in [-0.4, -0.2) is 11.6 Å². The number of aryl methyl sites for hydroxylation is 1. The van der Waals surface area contributed by atoms with Gasteiger partial charge in [0.05, 0.1) is 6.42 Å². The summed E-state index contributed by atoms with van der Waals surface area (Å²) in [4.78, 5) is 22.1. The van der Waals surface area contributed by atoms with E-state index in [1.807, 2.05) is 24.3 Å². The summed E-state index contributed by atoms with van der Waals surface area (Å²) in [5, 5.41) is 0. The Labute approximate surface area is 96.0 Å². The average molecular weight is 216 g/mol. The van der Waals surface area contributed by atoms with Crippen LogP contribution in [0.3, 0.4) is 0 Å². The number of hydrogen-bond donors (Lipinski definition) is 0. The van der Waals surface area contributed by atoms with E-state index in [-0.39, 0.29) is 18.0 Å². The lowest BCUT2D eigenvalue weighted by Crippen LogP contribution is -2.05. The van der Waals surface area contributed by atoms with Crippen LogP contribution in [-0.2, 0) is 16.0 Å². The second kappa shape index (κ2) is 6.01. The summed E-state index contributed by atoms with van der Waals surface area (Å²) >= 11 is 0. The van der Waals surface area contributed by atoms with Gasteiger partial charge in [-0.3, -0.25) is 9.59 Å². The normalized spacial score (nSPS) is 9.81. The number of carbonyl (C=O) groups is 2. The molecular weight excluding hydrogens is 200 g/mol. The molecule has 0 aliphatic heterocycles. The zero-order chi connectivity index (χ0) is 12.0. The maximum Gasteiger partial charge on any atom is 0.140 e. The molecule has 0 N–H and O–H groups in total. The maximum absolute atomic E-state index is 11.4. The largest absolute Gasteiger partial charge is 0.300 e. The van der Waals surface area contributed by atoms with E-state index in [4.69, 9.17) is 0 Å². The summed E-state index contributed by atoms with van der Waals surface area (Å²) in [6, 6.07) is 7.84. The molecule has 2 nitrogen and oxygen atoms in total. The van der Waals surface area contributed by atoms with Gasteiger partial charge in [-0.2, -0.15) is 0 Å². The van der Waals surface area contributed by atoms with Crippen LogP contribution in [0.5, 0.6) is 0 Å². The molecule has 1 aromatic rings. The first-order valence-corrected chi connectivity index (χ1v) is 5.35. The minimum absolute atomic E-state index is 0.00589. The van der Waals surface area contributed by atoms with E-state index in [0.717, 1.165) is 11.1 Å². The first kappa shape index (κ1) is 12.4. The highest BCUT2D eigenvalue weighted by Gasteiger charge is 2.06. The van der Waals surface area contributed by atoms with Gasteiger partial charge in [0.1, 0.15) is 11.6 Å². The van der Waals surface area contributed by atoms with E-state index in [1.165, 1.54) is 6.92 Å². The molecule has 0 unspecified atom stereocenters. The predicted octanol–water partition coefficient (Wildman–Crippen LogP) is 2.81. The molecule has 0 aliphatic rings. The van der Waals surface area contributed by atoms with Crippen molar-refractivity contribution in [1.82, 2.24) is 0 Å². The Morgan fingerprint density at radius 3 is 2.62 bits per heavy atom. The number of ketones is 2. The van der Waals surface area contributed by atoms with Gasteiger partial charge in [0, 0.05) is 6.42 Å². The fraction of sp³-hybridized carbons (Fsp3) is 0.286. The molecule has 84 valence electrons. The van der Waals surface area contributed by atoms with Gasteiger partial charge in [-0.05, 0) is 24.5 Å². The molecule has 0 saturated heterocycles. The molecule has 0 aliphatic carbocycles. The molecule has 0 radical (unpaired) electrons. The van der Waals surface area contributed by atoms with Crippen LogP contribution in [0.15, 0.2) is 30.8 Å². The summed E-state index contributed by atoms with van der Waals surface area (Å²) in [7, 11) is 0. The van der Waals surface area contributed by atoms with Crippen LogP contribution < -0.4 is 0 Å². The summed E-state index contributed by atoms with van der Waals surface area (Å²) in [5.74, 6) is -0.0617. The van der Waals surface area contributed by atoms with Crippen LogP contribution in [0.4, 0.5) is 0 Å². The summed E-state index contributed by atoms with van der Waals surface area (Å²) in [5.41, 5.74) is 2.16. The fourth-order valence-corrected chi connectivity index (χ4v) is 1.60. The summed E-state index contributed by atoms with van der Waals surface area (Å²) < 4.78 is 0. The predicted molar refractivity (Wildman–Crippen MR) is 65.2 cm³/mol. The zero-order valence-corrected chi connectivity index (χ0v) is 9.53. The molecule has 0 heterocycles. The first-order valence-electron chi connectivity index (χ1n) is 5.35. The molecule has 1 rings (SSSR count). The van der Waals surface area contributed by atoms with E-state index < -0.39 is 0 Å². The van der Waals surface area contributed by atoms with Crippen molar-refractivity contribution in [2.75, 3.05) is 0 Å². The van der Waals surface area contributed by atoms with Gasteiger partial charge in [0.2, 0.25) is 0 Å². The molecule has 1 aromatic carbocycles. The van der Waals surface area contributed by atoms with Crippen molar-refractivity contribution in [3.8, 4) is 0 Å². The molecule has 0 fully saturated rings. The van der Waals surface area contributed by atoms with Crippen LogP contribution in [0.25, 0.3) is 6.08 Å². The molecule has 2 heteroatoms. The fourth-order valence-electron chi connectivity index (χ4n) is 1.60. The molecule has 16 heavy (non-hydrogen) atoms. The lowest BCUT2D eigenvalue weighted by atomic mass is 10.0. The van der Waals surface area contributed by atoms with Crippen LogP contribution >= 0.6 is 0 Å². The van der Waals surface area contributed by atoms with Crippen molar-refractivity contribution in [3.63, 3.8) is 0 Å². The van der Waals surface area contributed by atoms with Gasteiger partial charge in [-0.15, -0.1) is 0 Å². The summed E-state index contributed by atoms with van der Waals surface area (Å²) in [6.45, 7) is 5.17. The third-order valence-corrected chi connectivity index (χ3v) is 2.39. The van der Waals surface area contributed by atoms with Crippen molar-refractivity contribution in [2.45, 2.75) is 26.2 Å². The van der Waals surface area contributed by atoms with Gasteiger partial charge in [0.15, 0.2) is 0 Å². The van der Waals surface area contributed by atoms with Gasteiger partial charge < -0.3 is 0 Å². The average Bonchev–Trinajstić information content (AvgIpc) is 2.26. The number of Topliss-reactive ketones (excluding diaryl/α,β-unsaturated/α-hetero) is 2. The minimum atomic E-state index is -0.0676. The molecule has 0 amide bonds. The minimum Gasteiger partial charge on any atom is -0.300 e. The van der Waals surface area contributed by atoms with Crippen molar-refractivity contribution in [3.05, 3.63) is 42.0 Å². The van der Waals surface area contributed by atoms with Gasteiger partial charge in [-0.25, -0.2) is 0 Å². The van der Waals surface area contributed by atoms with E-state index >= 15 is 0 Å². The topological polar surface area (TPSA) is 34.1 Å². The van der Waals surface area contributed by atoms with Crippen molar-refractivity contribution in [1.29, 1.82) is 0 Å². The van der Waals surface area contributed by atoms with Crippen molar-refractivity contribution >= 4 is 17.6 Å². The second-order valence-electron chi connectivity index (χ2n) is 3.82. The van der Waals surface area contributed by atoms with Crippen molar-refractivity contribution < 1.29 is 9.59 Å². The Hall–Kier alpha value is -1.70. The Kier molecular flexibility index (Phi) is 4.65. The Balaban J connectivity index is 2.57. The SMILES string of the molecule is C=Cc1ccccc1CCC(=O)CC(C)=O. The quantitative estimate of drug-likeness (QED) is 0.685. The van der Waals surface area contributed by atoms with E-state index in [0.29, 0.717) is 12.8 Å². The van der Waals surface area contributed by atoms with Gasteiger partial charge in [-0.1, -0.05) is 36.9 Å². The zero-order valence-electron chi connectivity index (χ0n) is 9.53. The molecule has 0 saturated carbocycles. The second-order valence-corrected chi connectivity index (χ2v) is 3.82. The van der Waals surface area contributed by atoms with Crippen molar-refractivity contribution in [2.24, 2.45) is 0 Å². The standard InChI is InChI=1S/C14H16O2/c1-3-12-6-4-5-7-13(12)8-9-14(16)10-11(2)15/h3-7H,1,8-10H2,2H3. The molecule has 0 aromatic heterocycles. The third kappa shape index (κ3) is 3.81. The highest BCUT2D eigenvalue weighted by Crippen LogP contribution is 2.12. The molecule has 0 spiro atoms. The number of rotatable bonds is 6. The van der Waals surface area contributed by atoms with Gasteiger partial charge >= 0.3 is 0 Å². The van der Waals surface area contributed by atoms with Gasteiger partial charge in [0.25, 0.3) is 0 Å². The first-order chi connectivity index (χ1) is 7.63. The Morgan fingerprint density at radius 1 is 1.31 bits per heavy atom. The van der Waals surface area contributed by atoms with Crippen LogP contribution in [0, 0.1) is 0 Å². The number of carbonyl (C=O) groups excluding carboxylic acids is 2.